The topological polar surface area (TPSA) is 82.3 Å². The lowest BCUT2D eigenvalue weighted by Gasteiger charge is -2.41. The zero-order valence-electron chi connectivity index (χ0n) is 18.8. The summed E-state index contributed by atoms with van der Waals surface area (Å²) in [4.78, 5) is 25.3. The van der Waals surface area contributed by atoms with Crippen LogP contribution in [0.3, 0.4) is 0 Å². The molecule has 3 heterocycles. The van der Waals surface area contributed by atoms with Crippen LogP contribution >= 0.6 is 0 Å². The predicted molar refractivity (Wildman–Crippen MR) is 119 cm³/mol. The van der Waals surface area contributed by atoms with Crippen LogP contribution in [0, 0.1) is 24.2 Å². The molecule has 32 heavy (non-hydrogen) atoms. The number of ether oxygens (including phenoxy) is 1. The van der Waals surface area contributed by atoms with Crippen LogP contribution in [0.1, 0.15) is 48.9 Å². The Hall–Kier alpha value is -3.05. The number of carbonyl (C=O) groups excluding carboxylic acids is 1. The number of piperazine rings is 1. The minimum Gasteiger partial charge on any atom is -0.384 e. The Labute approximate surface area is 187 Å². The monoisotopic (exact) mass is 437 g/mol. The number of hydrogen-bond donors (Lipinski definition) is 0. The lowest BCUT2D eigenvalue weighted by atomic mass is 9.94. The highest BCUT2D eigenvalue weighted by Gasteiger charge is 2.34. The largest absolute Gasteiger partial charge is 0.384 e. The minimum absolute atomic E-state index is 0.00658. The van der Waals surface area contributed by atoms with E-state index in [1.54, 1.807) is 13.2 Å². The quantitative estimate of drug-likeness (QED) is 0.644. The van der Waals surface area contributed by atoms with E-state index in [1.807, 2.05) is 18.7 Å². The van der Waals surface area contributed by atoms with Gasteiger partial charge in [0.2, 0.25) is 11.9 Å². The summed E-state index contributed by atoms with van der Waals surface area (Å²) < 4.78 is 18.4. The first-order valence-electron chi connectivity index (χ1n) is 11.0. The average molecular weight is 438 g/mol. The van der Waals surface area contributed by atoms with E-state index in [0.29, 0.717) is 50.0 Å². The second-order valence-corrected chi connectivity index (χ2v) is 8.58. The van der Waals surface area contributed by atoms with Gasteiger partial charge in [0.25, 0.3) is 0 Å². The molecule has 0 spiro atoms. The van der Waals surface area contributed by atoms with Crippen LogP contribution in [-0.2, 0) is 9.53 Å². The van der Waals surface area contributed by atoms with Crippen molar-refractivity contribution in [2.75, 3.05) is 38.3 Å². The van der Waals surface area contributed by atoms with Gasteiger partial charge in [-0.15, -0.1) is 0 Å². The molecule has 0 radical (unpaired) electrons. The molecule has 1 aliphatic carbocycles. The molecule has 1 atom stereocenters. The van der Waals surface area contributed by atoms with Crippen molar-refractivity contribution in [2.24, 2.45) is 0 Å². The van der Waals surface area contributed by atoms with Crippen molar-refractivity contribution in [1.82, 2.24) is 14.9 Å². The third-order valence-electron chi connectivity index (χ3n) is 6.32. The minimum atomic E-state index is -0.531. The molecule has 8 heteroatoms. The maximum absolute atomic E-state index is 13.4. The fourth-order valence-electron chi connectivity index (χ4n) is 4.47. The summed E-state index contributed by atoms with van der Waals surface area (Å²) in [6.45, 7) is 6.18. The van der Waals surface area contributed by atoms with Crippen molar-refractivity contribution in [3.05, 3.63) is 41.1 Å². The molecule has 2 fully saturated rings. The molecule has 1 aliphatic heterocycles. The van der Waals surface area contributed by atoms with Crippen molar-refractivity contribution < 1.29 is 13.9 Å². The van der Waals surface area contributed by atoms with E-state index in [1.165, 1.54) is 12.3 Å². The van der Waals surface area contributed by atoms with Crippen molar-refractivity contribution >= 4 is 11.7 Å². The standard InChI is InChI=1S/C24H28FN5O2/c1-15-14-29(9-10-30(15)21(31)8-11-32-3)24-19(12-26)16(2)22(23(28-24)17-4-5-17)18-6-7-20(25)27-13-18/h6-7,13,15,17H,4-5,8-11,14H2,1-3H3/t15-/m1/s1. The third kappa shape index (κ3) is 4.30. The number of amides is 1. The van der Waals surface area contributed by atoms with Crippen molar-refractivity contribution in [3.8, 4) is 17.2 Å². The summed E-state index contributed by atoms with van der Waals surface area (Å²) in [7, 11) is 1.59. The van der Waals surface area contributed by atoms with Gasteiger partial charge in [0, 0.05) is 56.0 Å². The molecule has 0 aromatic carbocycles. The van der Waals surface area contributed by atoms with E-state index in [2.05, 4.69) is 16.0 Å². The fourth-order valence-corrected chi connectivity index (χ4v) is 4.47. The molecule has 1 amide bonds. The summed E-state index contributed by atoms with van der Waals surface area (Å²) in [5, 5.41) is 10.0. The van der Waals surface area contributed by atoms with Crippen LogP contribution in [0.5, 0.6) is 0 Å². The first kappa shape index (κ1) is 22.2. The Morgan fingerprint density at radius 1 is 1.34 bits per heavy atom. The number of carbonyl (C=O) groups is 1. The molecule has 2 aromatic heterocycles. The summed E-state index contributed by atoms with van der Waals surface area (Å²) in [6.07, 6.45) is 3.99. The molecule has 168 valence electrons. The average Bonchev–Trinajstić information content (AvgIpc) is 3.63. The molecule has 1 saturated carbocycles. The van der Waals surface area contributed by atoms with Crippen molar-refractivity contribution in [2.45, 2.75) is 45.1 Å². The first-order valence-corrected chi connectivity index (χ1v) is 11.0. The van der Waals surface area contributed by atoms with Gasteiger partial charge in [0.15, 0.2) is 0 Å². The summed E-state index contributed by atoms with van der Waals surface area (Å²) >= 11 is 0. The highest BCUT2D eigenvalue weighted by Crippen LogP contribution is 2.46. The third-order valence-corrected chi connectivity index (χ3v) is 6.32. The van der Waals surface area contributed by atoms with Crippen LogP contribution in [0.2, 0.25) is 0 Å². The van der Waals surface area contributed by atoms with Gasteiger partial charge in [-0.05, 0) is 44.4 Å². The smallest absolute Gasteiger partial charge is 0.225 e. The summed E-state index contributed by atoms with van der Waals surface area (Å²) in [6, 6.07) is 5.40. The van der Waals surface area contributed by atoms with Crippen molar-refractivity contribution in [3.63, 3.8) is 0 Å². The van der Waals surface area contributed by atoms with Gasteiger partial charge in [0.1, 0.15) is 11.9 Å². The number of methoxy groups -OCH3 is 1. The van der Waals surface area contributed by atoms with Crippen LogP contribution in [0.15, 0.2) is 18.3 Å². The van der Waals surface area contributed by atoms with Crippen LogP contribution in [-0.4, -0.2) is 60.2 Å². The van der Waals surface area contributed by atoms with Gasteiger partial charge in [-0.25, -0.2) is 9.97 Å². The van der Waals surface area contributed by atoms with Gasteiger partial charge in [0.05, 0.1) is 24.3 Å². The molecule has 1 saturated heterocycles. The van der Waals surface area contributed by atoms with E-state index in [4.69, 9.17) is 9.72 Å². The first-order chi connectivity index (χ1) is 15.4. The van der Waals surface area contributed by atoms with Gasteiger partial charge >= 0.3 is 0 Å². The maximum atomic E-state index is 13.4. The van der Waals surface area contributed by atoms with Crippen LogP contribution in [0.4, 0.5) is 10.2 Å². The van der Waals surface area contributed by atoms with Gasteiger partial charge in [-0.1, -0.05) is 0 Å². The van der Waals surface area contributed by atoms with E-state index in [-0.39, 0.29) is 11.9 Å². The predicted octanol–water partition coefficient (Wildman–Crippen LogP) is 3.41. The number of hydrogen-bond acceptors (Lipinski definition) is 6. The van der Waals surface area contributed by atoms with Crippen LogP contribution in [0.25, 0.3) is 11.1 Å². The van der Waals surface area contributed by atoms with Crippen LogP contribution < -0.4 is 4.90 Å². The van der Waals surface area contributed by atoms with E-state index < -0.39 is 5.95 Å². The normalized spacial score (nSPS) is 18.5. The van der Waals surface area contributed by atoms with Gasteiger partial charge < -0.3 is 14.5 Å². The van der Waals surface area contributed by atoms with Gasteiger partial charge in [-0.3, -0.25) is 4.79 Å². The summed E-state index contributed by atoms with van der Waals surface area (Å²) in [5.74, 6) is 0.578. The number of pyridine rings is 2. The highest BCUT2D eigenvalue weighted by molar-refractivity contribution is 5.78. The Balaban J connectivity index is 1.68. The second-order valence-electron chi connectivity index (χ2n) is 8.58. The zero-order chi connectivity index (χ0) is 22.8. The number of anilines is 1. The number of nitrogens with zero attached hydrogens (tertiary/aromatic N) is 5. The molecule has 0 unspecified atom stereocenters. The summed E-state index contributed by atoms with van der Waals surface area (Å²) in [5.41, 5.74) is 4.00. The molecule has 7 nitrogen and oxygen atoms in total. The number of halogens is 1. The molecule has 0 bridgehead atoms. The number of nitriles is 1. The molecule has 2 aromatic rings. The second kappa shape index (κ2) is 9.21. The van der Waals surface area contributed by atoms with E-state index >= 15 is 0 Å². The van der Waals surface area contributed by atoms with Crippen molar-refractivity contribution in [1.29, 1.82) is 5.26 Å². The van der Waals surface area contributed by atoms with E-state index in [0.717, 1.165) is 35.2 Å². The lowest BCUT2D eigenvalue weighted by molar-refractivity contribution is -0.134. The Kier molecular flexibility index (Phi) is 6.38. The number of rotatable bonds is 6. The molecule has 2 aliphatic rings. The highest BCUT2D eigenvalue weighted by atomic mass is 19.1. The fraction of sp³-hybridized carbons (Fsp3) is 0.500. The molecule has 4 rings (SSSR count). The molecule has 0 N–H and O–H groups in total. The molecular formula is C24H28FN5O2. The Morgan fingerprint density at radius 3 is 2.72 bits per heavy atom. The zero-order valence-corrected chi connectivity index (χ0v) is 18.8. The number of aromatic nitrogens is 2. The lowest BCUT2D eigenvalue weighted by Crippen LogP contribution is -2.54. The maximum Gasteiger partial charge on any atom is 0.225 e. The van der Waals surface area contributed by atoms with Gasteiger partial charge in [-0.2, -0.15) is 9.65 Å². The Morgan fingerprint density at radius 2 is 2.12 bits per heavy atom. The van der Waals surface area contributed by atoms with E-state index in [9.17, 15) is 14.4 Å². The SMILES string of the molecule is COCCC(=O)N1CCN(c2nc(C3CC3)c(-c3ccc(F)nc3)c(C)c2C#N)C[C@H]1C. The molecular weight excluding hydrogens is 409 g/mol. The Bertz CT molecular complexity index is 1050.